The van der Waals surface area contributed by atoms with Crippen molar-refractivity contribution in [1.29, 1.82) is 10.5 Å². The van der Waals surface area contributed by atoms with E-state index in [4.69, 9.17) is 10.5 Å². The zero-order valence-electron chi connectivity index (χ0n) is 10.0. The Bertz CT molecular complexity index is 516. The average molecular weight is 288 g/mol. The predicted molar refractivity (Wildman–Crippen MR) is 62.2 cm³/mol. The highest BCUT2D eigenvalue weighted by atomic mass is 32.2. The van der Waals surface area contributed by atoms with Gasteiger partial charge in [0.15, 0.2) is 6.61 Å². The van der Waals surface area contributed by atoms with Gasteiger partial charge in [0, 0.05) is 6.26 Å². The molecule has 0 aliphatic carbocycles. The van der Waals surface area contributed by atoms with Crippen molar-refractivity contribution in [3.63, 3.8) is 0 Å². The molecule has 0 saturated heterocycles. The number of hydrogen-bond acceptors (Lipinski definition) is 7. The highest BCUT2D eigenvalue weighted by Gasteiger charge is 2.25. The van der Waals surface area contributed by atoms with Gasteiger partial charge in [0.05, 0.1) is 11.8 Å². The molecule has 0 aliphatic rings. The number of carbonyl (C=O) groups is 2. The van der Waals surface area contributed by atoms with Gasteiger partial charge in [0.1, 0.15) is 28.5 Å². The molecule has 2 amide bonds. The largest absolute Gasteiger partial charge is 0.434 e. The summed E-state index contributed by atoms with van der Waals surface area (Å²) in [6.07, 6.45) is -0.206. The zero-order chi connectivity index (χ0) is 14.9. The van der Waals surface area contributed by atoms with Gasteiger partial charge in [-0.25, -0.2) is 13.2 Å². The van der Waals surface area contributed by atoms with Crippen LogP contribution in [0.2, 0.25) is 0 Å². The lowest BCUT2D eigenvalue weighted by Gasteiger charge is -2.16. The quantitative estimate of drug-likeness (QED) is 0.552. The Labute approximate surface area is 110 Å². The molecule has 0 fully saturated rings. The van der Waals surface area contributed by atoms with E-state index in [9.17, 15) is 18.0 Å². The van der Waals surface area contributed by atoms with Crippen LogP contribution < -0.4 is 10.6 Å². The highest BCUT2D eigenvalue weighted by Crippen LogP contribution is 1.94. The Kier molecular flexibility index (Phi) is 6.93. The molecule has 0 bridgehead atoms. The summed E-state index contributed by atoms with van der Waals surface area (Å²) in [5.74, 6) is -1.48. The molecule has 1 unspecified atom stereocenters. The van der Waals surface area contributed by atoms with Crippen LogP contribution >= 0.6 is 0 Å². The molecular weight excluding hydrogens is 276 g/mol. The Morgan fingerprint density at radius 3 is 2.42 bits per heavy atom. The zero-order valence-corrected chi connectivity index (χ0v) is 10.9. The van der Waals surface area contributed by atoms with Crippen LogP contribution in [0.15, 0.2) is 0 Å². The van der Waals surface area contributed by atoms with Gasteiger partial charge >= 0.3 is 6.09 Å². The summed E-state index contributed by atoms with van der Waals surface area (Å²) in [5, 5.41) is 20.6. The summed E-state index contributed by atoms with van der Waals surface area (Å²) in [6, 6.07) is 1.78. The molecule has 9 nitrogen and oxygen atoms in total. The minimum atomic E-state index is -3.54. The van der Waals surface area contributed by atoms with Gasteiger partial charge in [-0.1, -0.05) is 0 Å². The average Bonchev–Trinajstić information content (AvgIpc) is 2.30. The van der Waals surface area contributed by atoms with Crippen molar-refractivity contribution < 1.29 is 22.7 Å². The normalized spacial score (nSPS) is 11.5. The third-order valence-electron chi connectivity index (χ3n) is 1.69. The number of nitrogens with zero attached hydrogens (tertiary/aromatic N) is 2. The maximum Gasteiger partial charge on any atom is 0.408 e. The monoisotopic (exact) mass is 288 g/mol. The number of alkyl carbamates (subject to hydrolysis) is 1. The SMILES string of the molecule is CS(=O)(=O)CC(NC(=O)OCC#N)C(=O)NCC#N. The van der Waals surface area contributed by atoms with E-state index in [-0.39, 0.29) is 6.54 Å². The lowest BCUT2D eigenvalue weighted by atomic mass is 10.3. The van der Waals surface area contributed by atoms with Gasteiger partial charge in [-0.05, 0) is 0 Å². The molecule has 0 rings (SSSR count). The van der Waals surface area contributed by atoms with Gasteiger partial charge in [-0.15, -0.1) is 0 Å². The molecule has 0 aromatic rings. The van der Waals surface area contributed by atoms with E-state index in [0.717, 1.165) is 6.26 Å². The fourth-order valence-corrected chi connectivity index (χ4v) is 1.86. The van der Waals surface area contributed by atoms with Crippen molar-refractivity contribution in [2.24, 2.45) is 0 Å². The second-order valence-corrected chi connectivity index (χ2v) is 5.58. The van der Waals surface area contributed by atoms with Crippen molar-refractivity contribution in [3.05, 3.63) is 0 Å². The van der Waals surface area contributed by atoms with Crippen molar-refractivity contribution >= 4 is 21.8 Å². The van der Waals surface area contributed by atoms with Crippen LogP contribution in [0.1, 0.15) is 0 Å². The van der Waals surface area contributed by atoms with Crippen molar-refractivity contribution in [2.75, 3.05) is 25.2 Å². The molecule has 0 aromatic heterocycles. The standard InChI is InChI=1S/C9H12N4O5S/c1-19(16,17)6-7(8(14)12-4-2-10)13-9(15)18-5-3-11/h7H,4-6H2,1H3,(H,12,14)(H,13,15). The predicted octanol–water partition coefficient (Wildman–Crippen LogP) is -1.71. The first-order chi connectivity index (χ1) is 8.80. The van der Waals surface area contributed by atoms with Crippen molar-refractivity contribution in [2.45, 2.75) is 6.04 Å². The molecular formula is C9H12N4O5S. The van der Waals surface area contributed by atoms with Gasteiger partial charge in [-0.2, -0.15) is 10.5 Å². The fraction of sp³-hybridized carbons (Fsp3) is 0.556. The van der Waals surface area contributed by atoms with Gasteiger partial charge < -0.3 is 15.4 Å². The number of nitrogens with one attached hydrogen (secondary N) is 2. The second kappa shape index (κ2) is 7.89. The van der Waals surface area contributed by atoms with Crippen LogP contribution in [-0.4, -0.2) is 51.6 Å². The topological polar surface area (TPSA) is 149 Å². The smallest absolute Gasteiger partial charge is 0.408 e. The first kappa shape index (κ1) is 16.7. The minimum absolute atomic E-state index is 0.325. The molecule has 10 heteroatoms. The van der Waals surface area contributed by atoms with E-state index in [1.165, 1.54) is 6.07 Å². The van der Waals surface area contributed by atoms with Crippen LogP contribution in [0.4, 0.5) is 4.79 Å². The van der Waals surface area contributed by atoms with Crippen LogP contribution in [0.3, 0.4) is 0 Å². The number of ether oxygens (including phenoxy) is 1. The van der Waals surface area contributed by atoms with E-state index >= 15 is 0 Å². The van der Waals surface area contributed by atoms with Crippen LogP contribution in [0, 0.1) is 22.7 Å². The minimum Gasteiger partial charge on any atom is -0.434 e. The Morgan fingerprint density at radius 1 is 1.32 bits per heavy atom. The first-order valence-electron chi connectivity index (χ1n) is 4.92. The maximum absolute atomic E-state index is 11.5. The van der Waals surface area contributed by atoms with Crippen molar-refractivity contribution in [1.82, 2.24) is 10.6 Å². The van der Waals surface area contributed by atoms with E-state index < -0.39 is 40.2 Å². The molecule has 0 heterocycles. The van der Waals surface area contributed by atoms with E-state index in [0.29, 0.717) is 0 Å². The van der Waals surface area contributed by atoms with Gasteiger partial charge in [0.2, 0.25) is 5.91 Å². The summed E-state index contributed by atoms with van der Waals surface area (Å²) in [5.41, 5.74) is 0. The summed E-state index contributed by atoms with van der Waals surface area (Å²) in [7, 11) is -3.54. The molecule has 19 heavy (non-hydrogen) atoms. The lowest BCUT2D eigenvalue weighted by molar-refractivity contribution is -0.122. The number of sulfone groups is 1. The van der Waals surface area contributed by atoms with Crippen molar-refractivity contribution in [3.8, 4) is 12.1 Å². The summed E-state index contributed by atoms with van der Waals surface area (Å²) in [4.78, 5) is 22.7. The third-order valence-corrected chi connectivity index (χ3v) is 2.63. The summed E-state index contributed by atoms with van der Waals surface area (Å²) < 4.78 is 26.6. The van der Waals surface area contributed by atoms with E-state index in [2.05, 4.69) is 10.1 Å². The fourth-order valence-electron chi connectivity index (χ4n) is 1.02. The van der Waals surface area contributed by atoms with E-state index in [1.807, 2.05) is 5.32 Å². The highest BCUT2D eigenvalue weighted by molar-refractivity contribution is 7.90. The molecule has 104 valence electrons. The van der Waals surface area contributed by atoms with Crippen LogP contribution in [0.25, 0.3) is 0 Å². The summed E-state index contributed by atoms with van der Waals surface area (Å²) >= 11 is 0. The number of amides is 2. The summed E-state index contributed by atoms with van der Waals surface area (Å²) in [6.45, 7) is -0.856. The number of hydrogen-bond donors (Lipinski definition) is 2. The lowest BCUT2D eigenvalue weighted by Crippen LogP contribution is -2.50. The maximum atomic E-state index is 11.5. The number of carbonyl (C=O) groups excluding carboxylic acids is 2. The Balaban J connectivity index is 4.69. The van der Waals surface area contributed by atoms with Gasteiger partial charge in [0.25, 0.3) is 0 Å². The molecule has 0 saturated carbocycles. The van der Waals surface area contributed by atoms with Crippen LogP contribution in [-0.2, 0) is 19.4 Å². The molecule has 0 aliphatic heterocycles. The third kappa shape index (κ3) is 8.40. The first-order valence-corrected chi connectivity index (χ1v) is 6.99. The molecule has 0 radical (unpaired) electrons. The van der Waals surface area contributed by atoms with Gasteiger partial charge in [-0.3, -0.25) is 4.79 Å². The Hall–Kier alpha value is -2.33. The number of rotatable bonds is 6. The Morgan fingerprint density at radius 2 is 1.95 bits per heavy atom. The number of nitriles is 2. The molecule has 2 N–H and O–H groups in total. The van der Waals surface area contributed by atoms with Crippen LogP contribution in [0.5, 0.6) is 0 Å². The van der Waals surface area contributed by atoms with E-state index in [1.54, 1.807) is 6.07 Å². The second-order valence-electron chi connectivity index (χ2n) is 3.40. The molecule has 1 atom stereocenters. The molecule has 0 spiro atoms. The molecule has 0 aromatic carbocycles.